The molecular weight excluding hydrogens is 516 g/mol. The van der Waals surface area contributed by atoms with Crippen LogP contribution in [0.25, 0.3) is 6.08 Å². The van der Waals surface area contributed by atoms with Gasteiger partial charge in [0.05, 0.1) is 36.6 Å². The van der Waals surface area contributed by atoms with E-state index in [9.17, 15) is 9.59 Å². The Bertz CT molecular complexity index is 1570. The summed E-state index contributed by atoms with van der Waals surface area (Å²) >= 11 is 1.28. The second-order valence-corrected chi connectivity index (χ2v) is 9.70. The molecular formula is C30H32N2O6S. The zero-order chi connectivity index (χ0) is 27.9. The summed E-state index contributed by atoms with van der Waals surface area (Å²) in [6.07, 6.45) is 4.81. The van der Waals surface area contributed by atoms with Gasteiger partial charge in [-0.2, -0.15) is 0 Å². The molecule has 1 aliphatic heterocycles. The Morgan fingerprint density at radius 2 is 1.85 bits per heavy atom. The summed E-state index contributed by atoms with van der Waals surface area (Å²) in [4.78, 5) is 32.7. The molecule has 0 saturated carbocycles. The van der Waals surface area contributed by atoms with E-state index < -0.39 is 12.0 Å². The van der Waals surface area contributed by atoms with E-state index in [1.54, 1.807) is 50.0 Å². The molecule has 1 aromatic heterocycles. The molecule has 0 radical (unpaired) electrons. The van der Waals surface area contributed by atoms with Gasteiger partial charge in [0.15, 0.2) is 4.80 Å². The second-order valence-electron chi connectivity index (χ2n) is 8.69. The number of thiazole rings is 1. The van der Waals surface area contributed by atoms with E-state index in [1.165, 1.54) is 11.3 Å². The lowest BCUT2D eigenvalue weighted by Crippen LogP contribution is -2.40. The minimum atomic E-state index is -0.802. The largest absolute Gasteiger partial charge is 0.497 e. The van der Waals surface area contributed by atoms with Gasteiger partial charge < -0.3 is 18.9 Å². The van der Waals surface area contributed by atoms with Gasteiger partial charge in [0.2, 0.25) is 0 Å². The number of nitrogens with zero attached hydrogens (tertiary/aromatic N) is 2. The number of benzene rings is 2. The van der Waals surface area contributed by atoms with Crippen LogP contribution in [0.4, 0.5) is 0 Å². The fourth-order valence-corrected chi connectivity index (χ4v) is 5.45. The van der Waals surface area contributed by atoms with Crippen molar-refractivity contribution < 1.29 is 23.7 Å². The van der Waals surface area contributed by atoms with E-state index in [1.807, 2.05) is 37.3 Å². The van der Waals surface area contributed by atoms with Gasteiger partial charge in [0, 0.05) is 5.56 Å². The molecule has 4 rings (SSSR count). The van der Waals surface area contributed by atoms with Gasteiger partial charge in [0.1, 0.15) is 29.9 Å². The molecule has 204 valence electrons. The highest BCUT2D eigenvalue weighted by atomic mass is 32.1. The highest BCUT2D eigenvalue weighted by molar-refractivity contribution is 7.07. The number of rotatable bonds is 11. The van der Waals surface area contributed by atoms with Crippen molar-refractivity contribution >= 4 is 23.4 Å². The number of hydrogen-bond acceptors (Lipinski definition) is 8. The summed E-state index contributed by atoms with van der Waals surface area (Å²) < 4.78 is 24.2. The quantitative estimate of drug-likeness (QED) is 0.264. The van der Waals surface area contributed by atoms with Crippen molar-refractivity contribution in [2.75, 3.05) is 27.4 Å². The van der Waals surface area contributed by atoms with Crippen LogP contribution in [-0.4, -0.2) is 38.0 Å². The number of carbonyl (C=O) groups excluding carboxylic acids is 1. The molecule has 0 fully saturated rings. The molecule has 2 heterocycles. The first-order valence-corrected chi connectivity index (χ1v) is 13.5. The van der Waals surface area contributed by atoms with Crippen LogP contribution < -0.4 is 29.1 Å². The van der Waals surface area contributed by atoms with Crippen LogP contribution in [-0.2, 0) is 9.53 Å². The van der Waals surface area contributed by atoms with Crippen LogP contribution in [0.5, 0.6) is 17.2 Å². The first-order valence-electron chi connectivity index (χ1n) is 12.7. The number of ether oxygens (including phenoxy) is 4. The van der Waals surface area contributed by atoms with Crippen molar-refractivity contribution in [2.45, 2.75) is 32.7 Å². The van der Waals surface area contributed by atoms with Crippen molar-refractivity contribution in [2.24, 2.45) is 4.99 Å². The van der Waals surface area contributed by atoms with E-state index in [4.69, 9.17) is 23.9 Å². The van der Waals surface area contributed by atoms with Gasteiger partial charge in [0.25, 0.3) is 5.56 Å². The van der Waals surface area contributed by atoms with Crippen molar-refractivity contribution in [3.8, 4) is 17.2 Å². The average molecular weight is 549 g/mol. The molecule has 0 spiro atoms. The van der Waals surface area contributed by atoms with E-state index in [2.05, 4.69) is 6.58 Å². The van der Waals surface area contributed by atoms with Crippen LogP contribution in [0.3, 0.4) is 0 Å². The lowest BCUT2D eigenvalue weighted by atomic mass is 9.93. The Hall–Kier alpha value is -4.11. The third-order valence-corrected chi connectivity index (χ3v) is 7.15. The summed E-state index contributed by atoms with van der Waals surface area (Å²) in [6, 6.07) is 12.0. The maximum Gasteiger partial charge on any atom is 0.338 e. The summed E-state index contributed by atoms with van der Waals surface area (Å²) in [6.45, 7) is 8.04. The molecule has 9 heteroatoms. The van der Waals surface area contributed by atoms with Crippen molar-refractivity contribution in [1.29, 1.82) is 0 Å². The highest BCUT2D eigenvalue weighted by Gasteiger charge is 2.36. The highest BCUT2D eigenvalue weighted by Crippen LogP contribution is 2.38. The molecule has 0 N–H and O–H groups in total. The Morgan fingerprint density at radius 1 is 1.10 bits per heavy atom. The summed E-state index contributed by atoms with van der Waals surface area (Å²) in [5.74, 6) is 1.29. The molecule has 3 aromatic rings. The van der Waals surface area contributed by atoms with Crippen LogP contribution in [0.1, 0.15) is 43.9 Å². The number of hydrogen-bond donors (Lipinski definition) is 0. The normalized spacial score (nSPS) is 14.9. The molecule has 0 bridgehead atoms. The third-order valence-electron chi connectivity index (χ3n) is 6.17. The van der Waals surface area contributed by atoms with Gasteiger partial charge in [-0.25, -0.2) is 9.79 Å². The second kappa shape index (κ2) is 12.6. The van der Waals surface area contributed by atoms with E-state index in [0.29, 0.717) is 56.4 Å². The predicted molar refractivity (Wildman–Crippen MR) is 151 cm³/mol. The number of esters is 1. The number of methoxy groups -OCH3 is 2. The first kappa shape index (κ1) is 27.9. The van der Waals surface area contributed by atoms with Gasteiger partial charge in [-0.15, -0.1) is 0 Å². The lowest BCUT2D eigenvalue weighted by molar-refractivity contribution is -0.139. The van der Waals surface area contributed by atoms with E-state index >= 15 is 0 Å². The molecule has 1 atom stereocenters. The zero-order valence-corrected chi connectivity index (χ0v) is 23.4. The number of fused-ring (bicyclic) bond motifs is 1. The topological polar surface area (TPSA) is 88.3 Å². The minimum absolute atomic E-state index is 0.195. The Morgan fingerprint density at radius 3 is 2.49 bits per heavy atom. The zero-order valence-electron chi connectivity index (χ0n) is 22.6. The van der Waals surface area contributed by atoms with Gasteiger partial charge in [-0.05, 0) is 55.3 Å². The van der Waals surface area contributed by atoms with Crippen molar-refractivity contribution in [3.05, 3.63) is 97.2 Å². The summed E-state index contributed by atoms with van der Waals surface area (Å²) in [5.41, 5.74) is 2.10. The third kappa shape index (κ3) is 5.83. The maximum absolute atomic E-state index is 14.0. The molecule has 0 aliphatic carbocycles. The Kier molecular flexibility index (Phi) is 9.03. The number of allylic oxidation sites excluding steroid dienone is 1. The van der Waals surface area contributed by atoms with Crippen LogP contribution in [0.15, 0.2) is 76.2 Å². The van der Waals surface area contributed by atoms with Crippen LogP contribution in [0.2, 0.25) is 0 Å². The van der Waals surface area contributed by atoms with Gasteiger partial charge in [-0.3, -0.25) is 9.36 Å². The molecule has 0 unspecified atom stereocenters. The van der Waals surface area contributed by atoms with Crippen molar-refractivity contribution in [3.63, 3.8) is 0 Å². The van der Waals surface area contributed by atoms with E-state index in [0.717, 1.165) is 12.0 Å². The van der Waals surface area contributed by atoms with Crippen LogP contribution in [0, 0.1) is 0 Å². The number of aromatic nitrogens is 1. The monoisotopic (exact) mass is 548 g/mol. The predicted octanol–water partition coefficient (Wildman–Crippen LogP) is 4.16. The number of carbonyl (C=O) groups is 1. The Labute approximate surface area is 231 Å². The lowest BCUT2D eigenvalue weighted by Gasteiger charge is -2.27. The molecule has 1 aliphatic rings. The van der Waals surface area contributed by atoms with Crippen LogP contribution >= 0.6 is 11.3 Å². The Balaban J connectivity index is 1.96. The molecule has 8 nitrogen and oxygen atoms in total. The summed E-state index contributed by atoms with van der Waals surface area (Å²) in [5, 5.41) is 0. The molecule has 0 saturated heterocycles. The molecule has 2 aromatic carbocycles. The minimum Gasteiger partial charge on any atom is -0.497 e. The van der Waals surface area contributed by atoms with Crippen molar-refractivity contribution in [1.82, 2.24) is 4.57 Å². The van der Waals surface area contributed by atoms with Gasteiger partial charge in [-0.1, -0.05) is 49.5 Å². The summed E-state index contributed by atoms with van der Waals surface area (Å²) in [7, 11) is 3.12. The fraction of sp³-hybridized carbons (Fsp3) is 0.300. The van der Waals surface area contributed by atoms with Gasteiger partial charge >= 0.3 is 5.97 Å². The van der Waals surface area contributed by atoms with E-state index in [-0.39, 0.29) is 12.2 Å². The smallest absolute Gasteiger partial charge is 0.338 e. The first-order chi connectivity index (χ1) is 18.9. The SMILES string of the molecule is C=CCOc1ccc(/C=c2\sc3n(c2=O)[C@@H](c2cc(OC)ccc2OC)C(C(=O)OCC)=C(CCC)N=3)cc1. The average Bonchev–Trinajstić information content (AvgIpc) is 3.26. The molecule has 0 amide bonds. The standard InChI is InChI=1S/C30H32N2O6S/c1-6-9-23-26(29(34)37-8-3)27(22-18-21(35-4)14-15-24(22)36-5)32-28(33)25(39-30(32)31-23)17-19-10-12-20(13-11-19)38-16-7-2/h7,10-15,17-18,27H,2,6,8-9,16H2,1,3-5H3/b25-17-/t27-/m0/s1. The molecule has 39 heavy (non-hydrogen) atoms. The fourth-order valence-electron chi connectivity index (χ4n) is 4.44. The maximum atomic E-state index is 14.0.